The van der Waals surface area contributed by atoms with E-state index in [0.717, 1.165) is 18.8 Å². The average Bonchev–Trinajstić information content (AvgIpc) is 2.13. The van der Waals surface area contributed by atoms with Crippen LogP contribution in [-0.2, 0) is 0 Å². The van der Waals surface area contributed by atoms with Gasteiger partial charge in [-0.1, -0.05) is 0 Å². The number of nitrogens with one attached hydrogen (secondary N) is 1. The van der Waals surface area contributed by atoms with Crippen molar-refractivity contribution in [3.8, 4) is 5.88 Å². The fourth-order valence-electron chi connectivity index (χ4n) is 1.83. The fraction of sp³-hybridized carbons (Fsp3) is 0.545. The minimum atomic E-state index is -2.83. The van der Waals surface area contributed by atoms with E-state index in [9.17, 15) is 8.78 Å². The van der Waals surface area contributed by atoms with Gasteiger partial charge in [0.15, 0.2) is 0 Å². The van der Waals surface area contributed by atoms with Crippen LogP contribution in [0.25, 0.3) is 0 Å². The van der Waals surface area contributed by atoms with Gasteiger partial charge in [0.2, 0.25) is 5.88 Å². The molecule has 1 N–H and O–H groups in total. The second-order valence-electron chi connectivity index (χ2n) is 4.07. The van der Waals surface area contributed by atoms with Crippen molar-refractivity contribution in [2.45, 2.75) is 19.6 Å². The number of halogens is 2. The number of rotatable bonds is 4. The molecule has 1 aliphatic rings. The molecule has 2 heterocycles. The third-order valence-corrected chi connectivity index (χ3v) is 2.78. The first kappa shape index (κ1) is 12.0. The molecule has 0 aromatic carbocycles. The van der Waals surface area contributed by atoms with Crippen molar-refractivity contribution >= 4 is 5.69 Å². The van der Waals surface area contributed by atoms with Crippen LogP contribution in [0.2, 0.25) is 0 Å². The number of pyridine rings is 1. The lowest BCUT2D eigenvalue weighted by molar-refractivity contribution is -0.0528. The highest BCUT2D eigenvalue weighted by molar-refractivity contribution is 5.52. The molecule has 6 heteroatoms. The molecule has 0 spiro atoms. The third kappa shape index (κ3) is 2.82. The number of hydrogen-bond acceptors (Lipinski definition) is 4. The van der Waals surface area contributed by atoms with E-state index in [1.165, 1.54) is 0 Å². The summed E-state index contributed by atoms with van der Waals surface area (Å²) in [5.74, 6) is -0.0251. The van der Waals surface area contributed by atoms with Gasteiger partial charge in [-0.3, -0.25) is 0 Å². The summed E-state index contributed by atoms with van der Waals surface area (Å²) in [6.07, 6.45) is 0. The Bertz CT molecular complexity index is 394. The Labute approximate surface area is 98.6 Å². The fourth-order valence-corrected chi connectivity index (χ4v) is 1.83. The number of aryl methyl sites for hydroxylation is 1. The first-order chi connectivity index (χ1) is 8.08. The zero-order chi connectivity index (χ0) is 12.4. The lowest BCUT2D eigenvalue weighted by atomic mass is 10.1. The largest absolute Gasteiger partial charge is 0.417 e. The summed E-state index contributed by atoms with van der Waals surface area (Å²) >= 11 is 0. The molecule has 17 heavy (non-hydrogen) atoms. The van der Waals surface area contributed by atoms with Crippen molar-refractivity contribution in [1.82, 2.24) is 10.3 Å². The molecule has 0 aliphatic carbocycles. The van der Waals surface area contributed by atoms with Crippen LogP contribution in [-0.4, -0.2) is 37.8 Å². The molecule has 4 nitrogen and oxygen atoms in total. The van der Waals surface area contributed by atoms with Crippen LogP contribution in [0, 0.1) is 6.92 Å². The van der Waals surface area contributed by atoms with Crippen molar-refractivity contribution in [2.24, 2.45) is 0 Å². The molecule has 1 fully saturated rings. The minimum Gasteiger partial charge on any atom is -0.417 e. The van der Waals surface area contributed by atoms with Gasteiger partial charge < -0.3 is 15.0 Å². The molecule has 0 atom stereocenters. The van der Waals surface area contributed by atoms with Gasteiger partial charge in [-0.2, -0.15) is 8.78 Å². The highest BCUT2D eigenvalue weighted by Gasteiger charge is 2.26. The predicted molar refractivity (Wildman–Crippen MR) is 60.7 cm³/mol. The Kier molecular flexibility index (Phi) is 3.42. The molecule has 1 aromatic rings. The van der Waals surface area contributed by atoms with Gasteiger partial charge in [-0.15, -0.1) is 0 Å². The lowest BCUT2D eigenvalue weighted by Gasteiger charge is -2.41. The molecule has 1 aliphatic heterocycles. The molecule has 0 amide bonds. The van der Waals surface area contributed by atoms with E-state index in [1.807, 2.05) is 13.1 Å². The Morgan fingerprint density at radius 2 is 2.18 bits per heavy atom. The first-order valence-corrected chi connectivity index (χ1v) is 5.44. The highest BCUT2D eigenvalue weighted by atomic mass is 19.3. The number of alkyl halides is 2. The predicted octanol–water partition coefficient (Wildman–Crippen LogP) is 1.40. The monoisotopic (exact) mass is 243 g/mol. The van der Waals surface area contributed by atoms with Gasteiger partial charge in [0.1, 0.15) is 0 Å². The summed E-state index contributed by atoms with van der Waals surface area (Å²) in [4.78, 5) is 6.00. The van der Waals surface area contributed by atoms with E-state index in [2.05, 4.69) is 19.9 Å². The third-order valence-electron chi connectivity index (χ3n) is 2.78. The molecular formula is C11H15F2N3O. The van der Waals surface area contributed by atoms with Crippen LogP contribution in [0.1, 0.15) is 5.69 Å². The van der Waals surface area contributed by atoms with E-state index in [1.54, 1.807) is 13.0 Å². The summed E-state index contributed by atoms with van der Waals surface area (Å²) in [5, 5.41) is 3.15. The summed E-state index contributed by atoms with van der Waals surface area (Å²) in [7, 11) is 1.91. The SMILES string of the molecule is CNC1CN(c2cc(C)nc(OC(F)F)c2)C1. The van der Waals surface area contributed by atoms with E-state index >= 15 is 0 Å². The molecule has 0 saturated carbocycles. The number of nitrogens with zero attached hydrogens (tertiary/aromatic N) is 2. The lowest BCUT2D eigenvalue weighted by Crippen LogP contribution is -2.57. The molecular weight excluding hydrogens is 228 g/mol. The van der Waals surface area contributed by atoms with Crippen molar-refractivity contribution < 1.29 is 13.5 Å². The maximum atomic E-state index is 12.1. The Balaban J connectivity index is 2.10. The van der Waals surface area contributed by atoms with E-state index < -0.39 is 6.61 Å². The molecule has 1 saturated heterocycles. The molecule has 2 rings (SSSR count). The Morgan fingerprint density at radius 3 is 2.76 bits per heavy atom. The number of likely N-dealkylation sites (N-methyl/N-ethyl adjacent to an activating group) is 1. The van der Waals surface area contributed by atoms with Crippen LogP contribution in [0.3, 0.4) is 0 Å². The van der Waals surface area contributed by atoms with Crippen molar-refractivity contribution in [3.63, 3.8) is 0 Å². The zero-order valence-electron chi connectivity index (χ0n) is 9.78. The number of aromatic nitrogens is 1. The second kappa shape index (κ2) is 4.83. The van der Waals surface area contributed by atoms with E-state index in [0.29, 0.717) is 11.7 Å². The van der Waals surface area contributed by atoms with Crippen LogP contribution < -0.4 is 15.0 Å². The summed E-state index contributed by atoms with van der Waals surface area (Å²) in [6, 6.07) is 3.87. The number of hydrogen-bond donors (Lipinski definition) is 1. The van der Waals surface area contributed by atoms with Crippen LogP contribution in [0.5, 0.6) is 5.88 Å². The normalized spacial score (nSPS) is 16.2. The summed E-state index contributed by atoms with van der Waals surface area (Å²) in [5.41, 5.74) is 1.55. The Morgan fingerprint density at radius 1 is 1.47 bits per heavy atom. The maximum Gasteiger partial charge on any atom is 0.388 e. The molecule has 0 bridgehead atoms. The smallest absolute Gasteiger partial charge is 0.388 e. The van der Waals surface area contributed by atoms with Gasteiger partial charge >= 0.3 is 6.61 Å². The standard InChI is InChI=1S/C11H15F2N3O/c1-7-3-9(16-5-8(6-16)14-2)4-10(15-7)17-11(12)13/h3-4,8,11,14H,5-6H2,1-2H3. The van der Waals surface area contributed by atoms with Crippen molar-refractivity contribution in [3.05, 3.63) is 17.8 Å². The molecule has 94 valence electrons. The van der Waals surface area contributed by atoms with Gasteiger partial charge in [0.25, 0.3) is 0 Å². The quantitative estimate of drug-likeness (QED) is 0.867. The summed E-state index contributed by atoms with van der Waals surface area (Å²) < 4.78 is 28.5. The molecule has 0 radical (unpaired) electrons. The van der Waals surface area contributed by atoms with Gasteiger partial charge in [0, 0.05) is 36.6 Å². The highest BCUT2D eigenvalue weighted by Crippen LogP contribution is 2.25. The zero-order valence-corrected chi connectivity index (χ0v) is 9.78. The molecule has 1 aromatic heterocycles. The van der Waals surface area contributed by atoms with Crippen molar-refractivity contribution in [2.75, 3.05) is 25.0 Å². The van der Waals surface area contributed by atoms with Gasteiger partial charge in [-0.05, 0) is 20.0 Å². The van der Waals surface area contributed by atoms with Crippen LogP contribution in [0.15, 0.2) is 12.1 Å². The van der Waals surface area contributed by atoms with E-state index in [-0.39, 0.29) is 5.88 Å². The van der Waals surface area contributed by atoms with Gasteiger partial charge in [-0.25, -0.2) is 4.98 Å². The van der Waals surface area contributed by atoms with Crippen LogP contribution >= 0.6 is 0 Å². The summed E-state index contributed by atoms with van der Waals surface area (Å²) in [6.45, 7) is 0.665. The Hall–Kier alpha value is -1.43. The van der Waals surface area contributed by atoms with Crippen LogP contribution in [0.4, 0.5) is 14.5 Å². The van der Waals surface area contributed by atoms with Crippen molar-refractivity contribution in [1.29, 1.82) is 0 Å². The maximum absolute atomic E-state index is 12.1. The number of anilines is 1. The molecule has 0 unspecified atom stereocenters. The van der Waals surface area contributed by atoms with Gasteiger partial charge in [0.05, 0.1) is 0 Å². The minimum absolute atomic E-state index is 0.0251. The second-order valence-corrected chi connectivity index (χ2v) is 4.07. The average molecular weight is 243 g/mol. The topological polar surface area (TPSA) is 37.4 Å². The first-order valence-electron chi connectivity index (χ1n) is 5.44. The number of ether oxygens (including phenoxy) is 1. The van der Waals surface area contributed by atoms with E-state index in [4.69, 9.17) is 0 Å².